The van der Waals surface area contributed by atoms with Gasteiger partial charge in [0.1, 0.15) is 5.82 Å². The minimum Gasteiger partial charge on any atom is -0.435 e. The van der Waals surface area contributed by atoms with Crippen molar-refractivity contribution in [2.24, 2.45) is 4.99 Å². The van der Waals surface area contributed by atoms with Gasteiger partial charge in [-0.15, -0.1) is 0 Å². The molecule has 2 aromatic rings. The van der Waals surface area contributed by atoms with E-state index >= 15 is 0 Å². The van der Waals surface area contributed by atoms with Crippen LogP contribution in [-0.2, 0) is 4.79 Å². The van der Waals surface area contributed by atoms with Crippen LogP contribution in [0.3, 0.4) is 0 Å². The van der Waals surface area contributed by atoms with E-state index in [4.69, 9.17) is 4.42 Å². The average molecular weight is 209 g/mol. The molecule has 0 radical (unpaired) electrons. The molecule has 1 aromatic heterocycles. The molecule has 0 unspecified atom stereocenters. The molecule has 0 fully saturated rings. The molecular weight excluding hydrogens is 204 g/mol. The summed E-state index contributed by atoms with van der Waals surface area (Å²) in [6, 6.07) is 4.62. The Morgan fingerprint density at radius 2 is 2.07 bits per heavy atom. The van der Waals surface area contributed by atoms with E-state index in [1.807, 2.05) is 0 Å². The maximum atomic E-state index is 13.2. The van der Waals surface area contributed by atoms with E-state index in [2.05, 4.69) is 4.99 Å². The minimum absolute atomic E-state index is 0.0250. The maximum Gasteiger partial charge on any atom is 0.236 e. The number of benzene rings is 1. The second-order valence-electron chi connectivity index (χ2n) is 2.81. The fourth-order valence-corrected chi connectivity index (χ4v) is 1.23. The Balaban J connectivity index is 2.82. The Bertz CT molecular complexity index is 589. The lowest BCUT2D eigenvalue weighted by molar-refractivity contribution is -0.107. The Labute approximate surface area is 82.7 Å². The summed E-state index contributed by atoms with van der Waals surface area (Å²) >= 11 is 0. The lowest BCUT2D eigenvalue weighted by Gasteiger charge is -1.97. The molecule has 0 aliphatic heterocycles. The highest BCUT2D eigenvalue weighted by atomic mass is 19.1. The van der Waals surface area contributed by atoms with Crippen LogP contribution >= 0.6 is 0 Å². The van der Waals surface area contributed by atoms with Gasteiger partial charge in [-0.05, 0) is 12.1 Å². The third-order valence-electron chi connectivity index (χ3n) is 1.83. The highest BCUT2D eigenvalue weighted by Gasteiger charge is 2.05. The van der Waals surface area contributed by atoms with Crippen molar-refractivity contribution < 1.29 is 18.0 Å². The van der Waals surface area contributed by atoms with E-state index in [0.29, 0.717) is 6.07 Å². The summed E-state index contributed by atoms with van der Waals surface area (Å²) in [4.78, 5) is 13.4. The van der Waals surface area contributed by atoms with Gasteiger partial charge in [-0.25, -0.2) is 8.78 Å². The van der Waals surface area contributed by atoms with Crippen molar-refractivity contribution in [1.82, 2.24) is 0 Å². The summed E-state index contributed by atoms with van der Waals surface area (Å²) in [5.41, 5.74) is -0.150. The highest BCUT2D eigenvalue weighted by molar-refractivity contribution is 5.76. The van der Waals surface area contributed by atoms with Crippen molar-refractivity contribution in [3.63, 3.8) is 0 Å². The van der Waals surface area contributed by atoms with E-state index in [1.54, 1.807) is 0 Å². The number of amides is 1. The van der Waals surface area contributed by atoms with Crippen LogP contribution in [0.1, 0.15) is 0 Å². The van der Waals surface area contributed by atoms with Gasteiger partial charge < -0.3 is 4.42 Å². The van der Waals surface area contributed by atoms with E-state index in [-0.39, 0.29) is 22.9 Å². The van der Waals surface area contributed by atoms with E-state index in [1.165, 1.54) is 12.1 Å². The first-order chi connectivity index (χ1) is 7.20. The lowest BCUT2D eigenvalue weighted by atomic mass is 10.2. The van der Waals surface area contributed by atoms with E-state index in [0.717, 1.165) is 6.07 Å². The van der Waals surface area contributed by atoms with Gasteiger partial charge >= 0.3 is 0 Å². The number of rotatable bonds is 1. The predicted molar refractivity (Wildman–Crippen MR) is 47.8 cm³/mol. The summed E-state index contributed by atoms with van der Waals surface area (Å²) in [6.45, 7) is 0. The molecule has 0 bridgehead atoms. The molecular formula is C10H5F2NO2. The first-order valence-electron chi connectivity index (χ1n) is 4.07. The van der Waals surface area contributed by atoms with Crippen molar-refractivity contribution in [2.75, 3.05) is 0 Å². The highest BCUT2D eigenvalue weighted by Crippen LogP contribution is 2.17. The molecule has 76 valence electrons. The smallest absolute Gasteiger partial charge is 0.236 e. The minimum atomic E-state index is -0.826. The van der Waals surface area contributed by atoms with Crippen LogP contribution in [0.15, 0.2) is 33.7 Å². The van der Waals surface area contributed by atoms with Crippen LogP contribution in [-0.4, -0.2) is 6.41 Å². The predicted octanol–water partition coefficient (Wildman–Crippen LogP) is 1.77. The average Bonchev–Trinajstić information content (AvgIpc) is 2.19. The summed E-state index contributed by atoms with van der Waals surface area (Å²) in [5.74, 6) is -1.51. The molecule has 1 heterocycles. The van der Waals surface area contributed by atoms with Gasteiger partial charge in [0.2, 0.25) is 12.0 Å². The van der Waals surface area contributed by atoms with Gasteiger partial charge in [-0.2, -0.15) is 4.99 Å². The molecule has 0 aliphatic rings. The molecule has 15 heavy (non-hydrogen) atoms. The number of nitrogens with zero attached hydrogens (tertiary/aromatic N) is 1. The molecule has 5 heteroatoms. The fraction of sp³-hybridized carbons (Fsp3) is 0. The summed E-state index contributed by atoms with van der Waals surface area (Å²) in [7, 11) is 0. The second-order valence-corrected chi connectivity index (χ2v) is 2.81. The molecule has 0 atom stereocenters. The van der Waals surface area contributed by atoms with Gasteiger partial charge in [-0.1, -0.05) is 0 Å². The maximum absolute atomic E-state index is 13.2. The first-order valence-corrected chi connectivity index (χ1v) is 4.07. The van der Waals surface area contributed by atoms with Crippen LogP contribution in [0, 0.1) is 11.6 Å². The third-order valence-corrected chi connectivity index (χ3v) is 1.83. The number of halogens is 2. The fourth-order valence-electron chi connectivity index (χ4n) is 1.23. The van der Waals surface area contributed by atoms with Crippen molar-refractivity contribution in [2.45, 2.75) is 0 Å². The third kappa shape index (κ3) is 1.76. The Kier molecular flexibility index (Phi) is 2.29. The van der Waals surface area contributed by atoms with Gasteiger partial charge in [0.15, 0.2) is 11.4 Å². The van der Waals surface area contributed by atoms with Crippen molar-refractivity contribution in [3.05, 3.63) is 41.5 Å². The molecule has 3 nitrogen and oxygen atoms in total. The van der Waals surface area contributed by atoms with Crippen LogP contribution in [0.25, 0.3) is 11.0 Å². The summed E-state index contributed by atoms with van der Waals surface area (Å²) in [6.07, 6.45) is 0.284. The standard InChI is InChI=1S/C10H5F2NO2/c11-7-3-6-1-2-9(13-5-14)15-10(6)8(12)4-7/h1-5H. The zero-order valence-electron chi connectivity index (χ0n) is 7.41. The Morgan fingerprint density at radius 1 is 1.27 bits per heavy atom. The largest absolute Gasteiger partial charge is 0.435 e. The Hall–Kier alpha value is -2.04. The lowest BCUT2D eigenvalue weighted by Crippen LogP contribution is -2.00. The monoisotopic (exact) mass is 209 g/mol. The molecule has 1 amide bonds. The number of carbonyl (C=O) groups is 1. The molecule has 0 spiro atoms. The van der Waals surface area contributed by atoms with Crippen LogP contribution in [0.4, 0.5) is 8.78 Å². The van der Waals surface area contributed by atoms with Crippen LogP contribution < -0.4 is 5.55 Å². The van der Waals surface area contributed by atoms with Gasteiger partial charge in [0.05, 0.1) is 0 Å². The zero-order chi connectivity index (χ0) is 10.8. The van der Waals surface area contributed by atoms with Gasteiger partial charge in [0, 0.05) is 17.5 Å². The van der Waals surface area contributed by atoms with E-state index in [9.17, 15) is 13.6 Å². The van der Waals surface area contributed by atoms with Crippen LogP contribution in [0.5, 0.6) is 0 Å². The topological polar surface area (TPSA) is 42.6 Å². The van der Waals surface area contributed by atoms with Gasteiger partial charge in [0.25, 0.3) is 0 Å². The Morgan fingerprint density at radius 3 is 2.80 bits per heavy atom. The van der Waals surface area contributed by atoms with Crippen molar-refractivity contribution in [3.8, 4) is 0 Å². The summed E-state index contributed by atoms with van der Waals surface area (Å²) < 4.78 is 30.9. The van der Waals surface area contributed by atoms with Crippen molar-refractivity contribution in [1.29, 1.82) is 0 Å². The first kappa shape index (κ1) is 9.51. The quantitative estimate of drug-likeness (QED) is 0.671. The van der Waals surface area contributed by atoms with Gasteiger partial charge in [-0.3, -0.25) is 4.79 Å². The molecule has 0 saturated heterocycles. The number of hydrogen-bond donors (Lipinski definition) is 0. The normalized spacial score (nSPS) is 12.0. The second kappa shape index (κ2) is 3.61. The van der Waals surface area contributed by atoms with Crippen LogP contribution in [0.2, 0.25) is 0 Å². The molecule has 0 aliphatic carbocycles. The SMILES string of the molecule is O=CN=c1ccc2cc(F)cc(F)c2o1. The van der Waals surface area contributed by atoms with E-state index < -0.39 is 11.6 Å². The zero-order valence-corrected chi connectivity index (χ0v) is 7.41. The number of fused-ring (bicyclic) bond motifs is 1. The summed E-state index contributed by atoms with van der Waals surface area (Å²) in [5, 5.41) is 0.275. The molecule has 0 N–H and O–H groups in total. The number of carbonyl (C=O) groups excluding carboxylic acids is 1. The molecule has 1 aromatic carbocycles. The molecule has 0 saturated carbocycles. The van der Waals surface area contributed by atoms with Crippen molar-refractivity contribution >= 4 is 17.4 Å². The number of hydrogen-bond acceptors (Lipinski definition) is 2. The molecule has 2 rings (SSSR count).